The van der Waals surface area contributed by atoms with E-state index in [0.29, 0.717) is 36.6 Å². The molecule has 0 atom stereocenters. The van der Waals surface area contributed by atoms with E-state index in [-0.39, 0.29) is 11.6 Å². The highest BCUT2D eigenvalue weighted by atomic mass is 35.5. The molecule has 1 aromatic heterocycles. The molecule has 1 amide bonds. The number of nitrogens with zero attached hydrogens (tertiary/aromatic N) is 5. The van der Waals surface area contributed by atoms with Gasteiger partial charge in [0.1, 0.15) is 11.4 Å². The van der Waals surface area contributed by atoms with Crippen molar-refractivity contribution in [2.45, 2.75) is 26.9 Å². The molecule has 172 valence electrons. The summed E-state index contributed by atoms with van der Waals surface area (Å²) in [5.41, 5.74) is 3.76. The molecule has 8 nitrogen and oxygen atoms in total. The Kier molecular flexibility index (Phi) is 6.76. The molecule has 0 aliphatic carbocycles. The molecule has 0 saturated carbocycles. The Bertz CT molecular complexity index is 1150. The molecular weight excluding hydrogens is 442 g/mol. The summed E-state index contributed by atoms with van der Waals surface area (Å²) in [6.45, 7) is 7.61. The van der Waals surface area contributed by atoms with E-state index in [1.165, 1.54) is 5.56 Å². The van der Waals surface area contributed by atoms with Crippen LogP contribution in [0.25, 0.3) is 0 Å². The van der Waals surface area contributed by atoms with Crippen LogP contribution >= 0.6 is 11.6 Å². The topological polar surface area (TPSA) is 84.5 Å². The molecule has 0 unspecified atom stereocenters. The second kappa shape index (κ2) is 9.72. The lowest BCUT2D eigenvalue weighted by molar-refractivity contribution is -0.386. The van der Waals surface area contributed by atoms with Crippen molar-refractivity contribution in [2.24, 2.45) is 0 Å². The first-order valence-electron chi connectivity index (χ1n) is 10.8. The minimum atomic E-state index is -0.398. The van der Waals surface area contributed by atoms with E-state index in [1.54, 1.807) is 18.5 Å². The van der Waals surface area contributed by atoms with Gasteiger partial charge in [0, 0.05) is 43.3 Å². The van der Waals surface area contributed by atoms with Gasteiger partial charge in [0.05, 0.1) is 11.5 Å². The Labute approximate surface area is 197 Å². The lowest BCUT2D eigenvalue weighted by atomic mass is 10.1. The number of amides is 1. The molecule has 0 N–H and O–H groups in total. The zero-order chi connectivity index (χ0) is 23.5. The largest absolute Gasteiger partial charge is 0.336 e. The standard InChI is InChI=1S/C24H26ClN5O3/c1-17-23(30(32)33)18(2)29(26-17)16-20-3-7-21(8-4-20)24(31)28-13-11-27(12-14-28)15-19-5-9-22(25)10-6-19/h3-10H,11-16H2,1-2H3. The third-order valence-electron chi connectivity index (χ3n) is 6.04. The van der Waals surface area contributed by atoms with Crippen LogP contribution in [0, 0.1) is 24.0 Å². The van der Waals surface area contributed by atoms with Crippen LogP contribution in [0.15, 0.2) is 48.5 Å². The van der Waals surface area contributed by atoms with Crippen LogP contribution in [0.3, 0.4) is 0 Å². The van der Waals surface area contributed by atoms with Crippen molar-refractivity contribution in [1.29, 1.82) is 0 Å². The summed E-state index contributed by atoms with van der Waals surface area (Å²) >= 11 is 5.96. The van der Waals surface area contributed by atoms with Gasteiger partial charge in [-0.25, -0.2) is 0 Å². The Morgan fingerprint density at radius 2 is 1.55 bits per heavy atom. The fourth-order valence-electron chi connectivity index (χ4n) is 4.17. The van der Waals surface area contributed by atoms with E-state index in [4.69, 9.17) is 11.6 Å². The Balaban J connectivity index is 1.34. The third-order valence-corrected chi connectivity index (χ3v) is 6.29. The van der Waals surface area contributed by atoms with Gasteiger partial charge < -0.3 is 4.90 Å². The van der Waals surface area contributed by atoms with Crippen LogP contribution in [-0.4, -0.2) is 56.6 Å². The monoisotopic (exact) mass is 467 g/mol. The van der Waals surface area contributed by atoms with Gasteiger partial charge in [-0.15, -0.1) is 0 Å². The first-order valence-corrected chi connectivity index (χ1v) is 11.2. The Morgan fingerprint density at radius 3 is 2.12 bits per heavy atom. The van der Waals surface area contributed by atoms with E-state index < -0.39 is 4.92 Å². The van der Waals surface area contributed by atoms with Crippen molar-refractivity contribution in [3.63, 3.8) is 0 Å². The molecule has 1 aliphatic rings. The molecule has 1 saturated heterocycles. The summed E-state index contributed by atoms with van der Waals surface area (Å²) in [5, 5.41) is 16.2. The zero-order valence-electron chi connectivity index (χ0n) is 18.7. The number of aromatic nitrogens is 2. The number of aryl methyl sites for hydroxylation is 1. The smallest absolute Gasteiger partial charge is 0.312 e. The van der Waals surface area contributed by atoms with Gasteiger partial charge in [-0.3, -0.25) is 24.5 Å². The van der Waals surface area contributed by atoms with Gasteiger partial charge in [0.2, 0.25) is 0 Å². The summed E-state index contributed by atoms with van der Waals surface area (Å²) in [7, 11) is 0. The number of nitro groups is 1. The Morgan fingerprint density at radius 1 is 0.970 bits per heavy atom. The van der Waals surface area contributed by atoms with E-state index in [0.717, 1.165) is 30.2 Å². The first kappa shape index (κ1) is 22.9. The number of halogens is 1. The second-order valence-electron chi connectivity index (χ2n) is 8.33. The summed E-state index contributed by atoms with van der Waals surface area (Å²) in [6, 6.07) is 15.3. The highest BCUT2D eigenvalue weighted by molar-refractivity contribution is 6.30. The van der Waals surface area contributed by atoms with E-state index in [9.17, 15) is 14.9 Å². The molecule has 1 aliphatic heterocycles. The van der Waals surface area contributed by atoms with Crippen molar-refractivity contribution in [1.82, 2.24) is 19.6 Å². The quantitative estimate of drug-likeness (QED) is 0.403. The number of hydrogen-bond acceptors (Lipinski definition) is 5. The first-order chi connectivity index (χ1) is 15.8. The lowest BCUT2D eigenvalue weighted by Crippen LogP contribution is -2.48. The highest BCUT2D eigenvalue weighted by Gasteiger charge is 2.23. The summed E-state index contributed by atoms with van der Waals surface area (Å²) < 4.78 is 1.63. The van der Waals surface area contributed by atoms with Gasteiger partial charge in [-0.1, -0.05) is 35.9 Å². The fraction of sp³-hybridized carbons (Fsp3) is 0.333. The van der Waals surface area contributed by atoms with Gasteiger partial charge in [0.15, 0.2) is 0 Å². The van der Waals surface area contributed by atoms with Crippen LogP contribution < -0.4 is 0 Å². The van der Waals surface area contributed by atoms with E-state index in [1.807, 2.05) is 53.4 Å². The van der Waals surface area contributed by atoms with Gasteiger partial charge >= 0.3 is 5.69 Å². The molecule has 3 aromatic rings. The van der Waals surface area contributed by atoms with Crippen LogP contribution in [0.5, 0.6) is 0 Å². The zero-order valence-corrected chi connectivity index (χ0v) is 19.5. The minimum absolute atomic E-state index is 0.0226. The number of hydrogen-bond donors (Lipinski definition) is 0. The van der Waals surface area contributed by atoms with Crippen molar-refractivity contribution in [2.75, 3.05) is 26.2 Å². The van der Waals surface area contributed by atoms with Crippen LogP contribution in [0.2, 0.25) is 5.02 Å². The number of carbonyl (C=O) groups excluding carboxylic acids is 1. The average molecular weight is 468 g/mol. The summed E-state index contributed by atoms with van der Waals surface area (Å²) in [4.78, 5) is 28.0. The number of benzene rings is 2. The molecule has 2 aromatic carbocycles. The van der Waals surface area contributed by atoms with E-state index in [2.05, 4.69) is 10.00 Å². The van der Waals surface area contributed by atoms with Crippen molar-refractivity contribution in [3.8, 4) is 0 Å². The average Bonchev–Trinajstić information content (AvgIpc) is 3.08. The van der Waals surface area contributed by atoms with Gasteiger partial charge in [-0.05, 0) is 49.2 Å². The molecule has 0 spiro atoms. The van der Waals surface area contributed by atoms with Gasteiger partial charge in [0.25, 0.3) is 5.91 Å². The van der Waals surface area contributed by atoms with Crippen molar-refractivity contribution < 1.29 is 9.72 Å². The maximum atomic E-state index is 12.9. The fourth-order valence-corrected chi connectivity index (χ4v) is 4.30. The third kappa shape index (κ3) is 5.23. The van der Waals surface area contributed by atoms with Crippen LogP contribution in [0.4, 0.5) is 5.69 Å². The van der Waals surface area contributed by atoms with Crippen LogP contribution in [-0.2, 0) is 13.1 Å². The highest BCUT2D eigenvalue weighted by Crippen LogP contribution is 2.23. The molecule has 4 rings (SSSR count). The molecular formula is C24H26ClN5O3. The predicted octanol–water partition coefficient (Wildman–Crippen LogP) is 4.07. The Hall–Kier alpha value is -3.23. The normalized spacial score (nSPS) is 14.5. The number of piperazine rings is 1. The van der Waals surface area contributed by atoms with Gasteiger partial charge in [-0.2, -0.15) is 5.10 Å². The minimum Gasteiger partial charge on any atom is -0.336 e. The second-order valence-corrected chi connectivity index (χ2v) is 8.76. The van der Waals surface area contributed by atoms with Crippen molar-refractivity contribution >= 4 is 23.2 Å². The maximum absolute atomic E-state index is 12.9. The molecule has 0 bridgehead atoms. The molecule has 1 fully saturated rings. The molecule has 9 heteroatoms. The molecule has 0 radical (unpaired) electrons. The summed E-state index contributed by atoms with van der Waals surface area (Å²) in [5.74, 6) is 0.0226. The predicted molar refractivity (Wildman–Crippen MR) is 127 cm³/mol. The summed E-state index contributed by atoms with van der Waals surface area (Å²) in [6.07, 6.45) is 0. The number of rotatable bonds is 6. The molecule has 33 heavy (non-hydrogen) atoms. The van der Waals surface area contributed by atoms with E-state index >= 15 is 0 Å². The SMILES string of the molecule is Cc1nn(Cc2ccc(C(=O)N3CCN(Cc4ccc(Cl)cc4)CC3)cc2)c(C)c1[N+](=O)[O-]. The number of carbonyl (C=O) groups is 1. The maximum Gasteiger partial charge on any atom is 0.312 e. The molecule has 2 heterocycles. The van der Waals surface area contributed by atoms with Crippen LogP contribution in [0.1, 0.15) is 32.9 Å². The van der Waals surface area contributed by atoms with Crippen molar-refractivity contribution in [3.05, 3.63) is 91.7 Å². The lowest BCUT2D eigenvalue weighted by Gasteiger charge is -2.34.